The van der Waals surface area contributed by atoms with E-state index in [0.717, 1.165) is 44.6 Å². The van der Waals surface area contributed by atoms with Crippen molar-refractivity contribution in [2.24, 2.45) is 0 Å². The van der Waals surface area contributed by atoms with E-state index >= 15 is 0 Å². The fraction of sp³-hybridized carbons (Fsp3) is 0.458. The second-order valence-corrected chi connectivity index (χ2v) is 8.20. The predicted octanol–water partition coefficient (Wildman–Crippen LogP) is 3.86. The molecule has 0 spiro atoms. The first kappa shape index (κ1) is 19.0. The standard InChI is InChI=1S/C24H31N3O/c1-19-7-9-20(10-8-19)24(28)25-21-11-13-23(14-12-21)27-17-15-26(16-18-27)22-5-3-2-4-6-22/h2-10,21,23H,11-18H2,1H3,(H,25,28)/t21-,23-. The van der Waals surface area contributed by atoms with Gasteiger partial charge in [-0.1, -0.05) is 35.9 Å². The van der Waals surface area contributed by atoms with Crippen LogP contribution in [0.1, 0.15) is 41.6 Å². The first-order valence-corrected chi connectivity index (χ1v) is 10.6. The van der Waals surface area contributed by atoms with Crippen molar-refractivity contribution in [2.45, 2.75) is 44.7 Å². The number of rotatable bonds is 4. The molecule has 4 nitrogen and oxygen atoms in total. The molecule has 2 aromatic rings. The van der Waals surface area contributed by atoms with Gasteiger partial charge in [0, 0.05) is 49.5 Å². The third-order valence-corrected chi connectivity index (χ3v) is 6.30. The molecule has 1 N–H and O–H groups in total. The fourth-order valence-corrected chi connectivity index (χ4v) is 4.54. The minimum absolute atomic E-state index is 0.0694. The Morgan fingerprint density at radius 1 is 0.857 bits per heavy atom. The SMILES string of the molecule is Cc1ccc(C(=O)N[C@H]2CC[C@H](N3CCN(c4ccccc4)CC3)CC2)cc1. The van der Waals surface area contributed by atoms with Crippen molar-refractivity contribution in [1.82, 2.24) is 10.2 Å². The number of benzene rings is 2. The molecule has 4 heteroatoms. The molecule has 1 heterocycles. The summed E-state index contributed by atoms with van der Waals surface area (Å²) in [5.74, 6) is 0.0694. The number of carbonyl (C=O) groups is 1. The second kappa shape index (κ2) is 8.78. The molecule has 1 saturated carbocycles. The van der Waals surface area contributed by atoms with Gasteiger partial charge in [-0.3, -0.25) is 9.69 Å². The fourth-order valence-electron chi connectivity index (χ4n) is 4.54. The number of piperazine rings is 1. The molecule has 1 aliphatic heterocycles. The van der Waals surface area contributed by atoms with Crippen LogP contribution >= 0.6 is 0 Å². The average molecular weight is 378 g/mol. The number of carbonyl (C=O) groups excluding carboxylic acids is 1. The molecule has 148 valence electrons. The minimum atomic E-state index is 0.0694. The topological polar surface area (TPSA) is 35.6 Å². The highest BCUT2D eigenvalue weighted by atomic mass is 16.1. The van der Waals surface area contributed by atoms with Crippen LogP contribution in [-0.2, 0) is 0 Å². The van der Waals surface area contributed by atoms with Crippen LogP contribution < -0.4 is 10.2 Å². The summed E-state index contributed by atoms with van der Waals surface area (Å²) in [6, 6.07) is 19.6. The van der Waals surface area contributed by atoms with E-state index in [9.17, 15) is 4.79 Å². The molecule has 4 rings (SSSR count). The maximum absolute atomic E-state index is 12.5. The van der Waals surface area contributed by atoms with Gasteiger partial charge < -0.3 is 10.2 Å². The predicted molar refractivity (Wildman–Crippen MR) is 115 cm³/mol. The van der Waals surface area contributed by atoms with Crippen molar-refractivity contribution in [3.05, 3.63) is 65.7 Å². The van der Waals surface area contributed by atoms with Crippen molar-refractivity contribution >= 4 is 11.6 Å². The lowest BCUT2D eigenvalue weighted by Gasteiger charge is -2.42. The van der Waals surface area contributed by atoms with Crippen molar-refractivity contribution in [3.63, 3.8) is 0 Å². The Morgan fingerprint density at radius 2 is 1.50 bits per heavy atom. The summed E-state index contributed by atoms with van der Waals surface area (Å²) in [5.41, 5.74) is 3.29. The molecule has 1 aliphatic carbocycles. The van der Waals surface area contributed by atoms with Crippen LogP contribution in [0.25, 0.3) is 0 Å². The Kier molecular flexibility index (Phi) is 5.96. The third-order valence-electron chi connectivity index (χ3n) is 6.30. The highest BCUT2D eigenvalue weighted by Crippen LogP contribution is 2.25. The number of nitrogens with one attached hydrogen (secondary N) is 1. The maximum Gasteiger partial charge on any atom is 0.251 e. The molecule has 0 atom stereocenters. The molecule has 2 fully saturated rings. The normalized spacial score (nSPS) is 23.4. The largest absolute Gasteiger partial charge is 0.369 e. The summed E-state index contributed by atoms with van der Waals surface area (Å²) in [5, 5.41) is 3.24. The second-order valence-electron chi connectivity index (χ2n) is 8.20. The lowest BCUT2D eigenvalue weighted by atomic mass is 9.89. The van der Waals surface area contributed by atoms with Crippen LogP contribution in [0.4, 0.5) is 5.69 Å². The van der Waals surface area contributed by atoms with Crippen LogP contribution in [0.3, 0.4) is 0 Å². The van der Waals surface area contributed by atoms with E-state index in [0.29, 0.717) is 12.1 Å². The van der Waals surface area contributed by atoms with Gasteiger partial charge in [-0.2, -0.15) is 0 Å². The van der Waals surface area contributed by atoms with Crippen LogP contribution in [0, 0.1) is 6.92 Å². The molecule has 0 bridgehead atoms. The summed E-state index contributed by atoms with van der Waals surface area (Å²) in [7, 11) is 0. The Balaban J connectivity index is 1.22. The number of para-hydroxylation sites is 1. The van der Waals surface area contributed by atoms with Gasteiger partial charge in [0.1, 0.15) is 0 Å². The van der Waals surface area contributed by atoms with Crippen molar-refractivity contribution < 1.29 is 4.79 Å². The molecule has 28 heavy (non-hydrogen) atoms. The Labute approximate surface area is 168 Å². The smallest absolute Gasteiger partial charge is 0.251 e. The number of hydrogen-bond acceptors (Lipinski definition) is 3. The molecule has 2 aromatic carbocycles. The highest BCUT2D eigenvalue weighted by Gasteiger charge is 2.29. The van der Waals surface area contributed by atoms with E-state index in [4.69, 9.17) is 0 Å². The number of hydrogen-bond donors (Lipinski definition) is 1. The summed E-state index contributed by atoms with van der Waals surface area (Å²) in [6.07, 6.45) is 4.54. The van der Waals surface area contributed by atoms with Gasteiger partial charge in [-0.15, -0.1) is 0 Å². The molecule has 0 radical (unpaired) electrons. The maximum atomic E-state index is 12.5. The summed E-state index contributed by atoms with van der Waals surface area (Å²) >= 11 is 0. The van der Waals surface area contributed by atoms with Crippen molar-refractivity contribution in [2.75, 3.05) is 31.1 Å². The third kappa shape index (κ3) is 4.56. The minimum Gasteiger partial charge on any atom is -0.369 e. The van der Waals surface area contributed by atoms with Gasteiger partial charge in [0.25, 0.3) is 5.91 Å². The summed E-state index contributed by atoms with van der Waals surface area (Å²) in [6.45, 7) is 6.53. The Bertz CT molecular complexity index is 758. The van der Waals surface area contributed by atoms with E-state index in [-0.39, 0.29) is 5.91 Å². The van der Waals surface area contributed by atoms with E-state index in [1.807, 2.05) is 31.2 Å². The van der Waals surface area contributed by atoms with Crippen LogP contribution in [0.5, 0.6) is 0 Å². The number of nitrogens with zero attached hydrogens (tertiary/aromatic N) is 2. The summed E-state index contributed by atoms with van der Waals surface area (Å²) in [4.78, 5) is 17.6. The van der Waals surface area contributed by atoms with Gasteiger partial charge in [0.05, 0.1) is 0 Å². The van der Waals surface area contributed by atoms with Gasteiger partial charge in [-0.05, 0) is 56.9 Å². The summed E-state index contributed by atoms with van der Waals surface area (Å²) < 4.78 is 0. The molecular formula is C24H31N3O. The first-order chi connectivity index (χ1) is 13.7. The van der Waals surface area contributed by atoms with Crippen LogP contribution in [0.2, 0.25) is 0 Å². The molecular weight excluding hydrogens is 346 g/mol. The van der Waals surface area contributed by atoms with Crippen molar-refractivity contribution in [3.8, 4) is 0 Å². The van der Waals surface area contributed by atoms with Crippen LogP contribution in [-0.4, -0.2) is 49.1 Å². The molecule has 1 saturated heterocycles. The zero-order valence-electron chi connectivity index (χ0n) is 16.8. The number of amides is 1. The van der Waals surface area contributed by atoms with E-state index in [1.165, 1.54) is 24.1 Å². The van der Waals surface area contributed by atoms with E-state index in [2.05, 4.69) is 45.4 Å². The van der Waals surface area contributed by atoms with E-state index < -0.39 is 0 Å². The van der Waals surface area contributed by atoms with Crippen LogP contribution in [0.15, 0.2) is 54.6 Å². The first-order valence-electron chi connectivity index (χ1n) is 10.6. The quantitative estimate of drug-likeness (QED) is 0.879. The van der Waals surface area contributed by atoms with Gasteiger partial charge in [-0.25, -0.2) is 0 Å². The Morgan fingerprint density at radius 3 is 2.14 bits per heavy atom. The molecule has 2 aliphatic rings. The monoisotopic (exact) mass is 377 g/mol. The Hall–Kier alpha value is -2.33. The van der Waals surface area contributed by atoms with Gasteiger partial charge in [0.15, 0.2) is 0 Å². The number of aryl methyl sites for hydroxylation is 1. The molecule has 1 amide bonds. The van der Waals surface area contributed by atoms with Crippen molar-refractivity contribution in [1.29, 1.82) is 0 Å². The molecule has 0 aromatic heterocycles. The zero-order chi connectivity index (χ0) is 19.3. The number of anilines is 1. The lowest BCUT2D eigenvalue weighted by Crippen LogP contribution is -2.52. The van der Waals surface area contributed by atoms with Gasteiger partial charge in [0.2, 0.25) is 0 Å². The molecule has 0 unspecified atom stereocenters. The van der Waals surface area contributed by atoms with E-state index in [1.54, 1.807) is 0 Å². The highest BCUT2D eigenvalue weighted by molar-refractivity contribution is 5.94. The van der Waals surface area contributed by atoms with Gasteiger partial charge >= 0.3 is 0 Å². The average Bonchev–Trinajstić information content (AvgIpc) is 2.75. The lowest BCUT2D eigenvalue weighted by molar-refractivity contribution is 0.0899. The zero-order valence-corrected chi connectivity index (χ0v) is 16.8.